The molecule has 0 saturated carbocycles. The number of nitrogen functional groups attached to an aromatic ring is 1. The Balaban J connectivity index is 2.07. The van der Waals surface area contributed by atoms with Crippen LogP contribution in [-0.4, -0.2) is 60.5 Å². The zero-order valence-electron chi connectivity index (χ0n) is 12.1. The molecule has 1 saturated heterocycles. The van der Waals surface area contributed by atoms with E-state index in [1.54, 1.807) is 12.1 Å². The lowest BCUT2D eigenvalue weighted by Gasteiger charge is -2.24. The minimum absolute atomic E-state index is 0.191. The summed E-state index contributed by atoms with van der Waals surface area (Å²) in [5.74, 6) is 0.191. The monoisotopic (exact) mass is 335 g/mol. The quantitative estimate of drug-likeness (QED) is 0.512. The standard InChI is InChI=1S/C13H13N5O6/c14-3-13(4-19)10(23-12(21)22)8(20)9(24-13)6-1-2-7-11(15)16-5-17-18(6)7/h1-2,5,8-10,19-20H,4H2,(H,21,22)(H2,15,16,17)/t8-,9-,10-,13+/m0/s1. The van der Waals surface area contributed by atoms with Crippen LogP contribution in [0.2, 0.25) is 0 Å². The van der Waals surface area contributed by atoms with Gasteiger partial charge in [0.2, 0.25) is 5.60 Å². The van der Waals surface area contributed by atoms with Crippen molar-refractivity contribution in [2.45, 2.75) is 23.9 Å². The van der Waals surface area contributed by atoms with Crippen LogP contribution >= 0.6 is 0 Å². The highest BCUT2D eigenvalue weighted by molar-refractivity contribution is 5.65. The molecule has 0 unspecified atom stereocenters. The van der Waals surface area contributed by atoms with Crippen LogP contribution < -0.4 is 5.73 Å². The molecule has 3 rings (SSSR count). The van der Waals surface area contributed by atoms with Crippen molar-refractivity contribution in [3.8, 4) is 6.07 Å². The van der Waals surface area contributed by atoms with Crippen LogP contribution in [0.1, 0.15) is 11.8 Å². The van der Waals surface area contributed by atoms with Gasteiger partial charge >= 0.3 is 6.16 Å². The minimum atomic E-state index is -2.04. The van der Waals surface area contributed by atoms with Gasteiger partial charge in [-0.3, -0.25) is 0 Å². The molecule has 0 radical (unpaired) electrons. The van der Waals surface area contributed by atoms with E-state index in [1.165, 1.54) is 16.9 Å². The fraction of sp³-hybridized carbons (Fsp3) is 0.385. The fourth-order valence-corrected chi connectivity index (χ4v) is 2.75. The van der Waals surface area contributed by atoms with Gasteiger partial charge in [0, 0.05) is 0 Å². The number of hydrogen-bond donors (Lipinski definition) is 4. The molecule has 0 bridgehead atoms. The van der Waals surface area contributed by atoms with Crippen LogP contribution in [0.4, 0.5) is 10.6 Å². The average Bonchev–Trinajstić information content (AvgIpc) is 3.09. The second-order valence-electron chi connectivity index (χ2n) is 5.19. The molecule has 2 aromatic rings. The van der Waals surface area contributed by atoms with Gasteiger partial charge in [0.1, 0.15) is 30.1 Å². The number of carboxylic acid groups (broad SMARTS) is 1. The number of hydrogen-bond acceptors (Lipinski definition) is 9. The number of aliphatic hydroxyl groups is 2. The Morgan fingerprint density at radius 1 is 1.58 bits per heavy atom. The minimum Gasteiger partial charge on any atom is -0.450 e. The molecule has 0 aliphatic carbocycles. The van der Waals surface area contributed by atoms with Gasteiger partial charge in [0.05, 0.1) is 12.3 Å². The SMILES string of the molecule is N#C[C@]1(CO)O[C@@H](c2ccc3c(N)ncnn23)[C@H](O)[C@@H]1OC(=O)O. The molecular formula is C13H13N5O6. The number of nitrogens with zero attached hydrogens (tertiary/aromatic N) is 4. The smallest absolute Gasteiger partial charge is 0.450 e. The normalized spacial score (nSPS) is 29.5. The van der Waals surface area contributed by atoms with Gasteiger partial charge in [-0.2, -0.15) is 10.4 Å². The Kier molecular flexibility index (Phi) is 3.72. The first kappa shape index (κ1) is 15.9. The van der Waals surface area contributed by atoms with E-state index in [4.69, 9.17) is 15.6 Å². The molecule has 1 aliphatic heterocycles. The van der Waals surface area contributed by atoms with E-state index in [9.17, 15) is 20.3 Å². The summed E-state index contributed by atoms with van der Waals surface area (Å²) in [6.45, 7) is -0.866. The summed E-state index contributed by atoms with van der Waals surface area (Å²) in [6, 6.07) is 4.80. The van der Waals surface area contributed by atoms with Crippen molar-refractivity contribution in [1.29, 1.82) is 5.26 Å². The van der Waals surface area contributed by atoms with Gasteiger partial charge in [0.15, 0.2) is 11.9 Å². The van der Waals surface area contributed by atoms with Crippen molar-refractivity contribution in [3.05, 3.63) is 24.2 Å². The van der Waals surface area contributed by atoms with Crippen LogP contribution in [0, 0.1) is 11.3 Å². The first-order chi connectivity index (χ1) is 11.4. The van der Waals surface area contributed by atoms with Gasteiger partial charge in [0.25, 0.3) is 0 Å². The number of ether oxygens (including phenoxy) is 2. The number of aliphatic hydroxyl groups excluding tert-OH is 2. The van der Waals surface area contributed by atoms with Crippen molar-refractivity contribution in [2.75, 3.05) is 12.3 Å². The Hall–Kier alpha value is -2.94. The summed E-state index contributed by atoms with van der Waals surface area (Å²) in [5.41, 5.74) is 4.44. The van der Waals surface area contributed by atoms with Crippen molar-refractivity contribution in [2.24, 2.45) is 0 Å². The molecule has 1 aliphatic rings. The molecule has 11 nitrogen and oxygen atoms in total. The van der Waals surface area contributed by atoms with Gasteiger partial charge in [-0.15, -0.1) is 0 Å². The highest BCUT2D eigenvalue weighted by atomic mass is 16.7. The van der Waals surface area contributed by atoms with Crippen LogP contribution in [0.5, 0.6) is 0 Å². The first-order valence-electron chi connectivity index (χ1n) is 6.79. The molecule has 3 heterocycles. The predicted molar refractivity (Wildman–Crippen MR) is 75.6 cm³/mol. The van der Waals surface area contributed by atoms with Crippen molar-refractivity contribution >= 4 is 17.5 Å². The maximum atomic E-state index is 10.8. The Morgan fingerprint density at radius 3 is 2.96 bits per heavy atom. The molecule has 0 spiro atoms. The van der Waals surface area contributed by atoms with Crippen LogP contribution in [0.15, 0.2) is 18.5 Å². The molecule has 5 N–H and O–H groups in total. The molecule has 24 heavy (non-hydrogen) atoms. The third-order valence-corrected chi connectivity index (χ3v) is 3.87. The van der Waals surface area contributed by atoms with Crippen LogP contribution in [0.3, 0.4) is 0 Å². The molecule has 4 atom stereocenters. The highest BCUT2D eigenvalue weighted by Crippen LogP contribution is 2.41. The summed E-state index contributed by atoms with van der Waals surface area (Å²) >= 11 is 0. The predicted octanol–water partition coefficient (Wildman–Crippen LogP) is -0.938. The molecule has 11 heteroatoms. The summed E-state index contributed by atoms with van der Waals surface area (Å²) in [4.78, 5) is 14.7. The summed E-state index contributed by atoms with van der Waals surface area (Å²) < 4.78 is 11.4. The molecule has 126 valence electrons. The number of fused-ring (bicyclic) bond motifs is 1. The van der Waals surface area contributed by atoms with E-state index in [-0.39, 0.29) is 5.82 Å². The molecule has 0 amide bonds. The lowest BCUT2D eigenvalue weighted by atomic mass is 9.96. The van der Waals surface area contributed by atoms with E-state index in [0.29, 0.717) is 11.2 Å². The second-order valence-corrected chi connectivity index (χ2v) is 5.19. The summed E-state index contributed by atoms with van der Waals surface area (Å²) in [5, 5.41) is 42.1. The Labute approximate surface area is 134 Å². The number of nitrogens with two attached hydrogens (primary N) is 1. The summed E-state index contributed by atoms with van der Waals surface area (Å²) in [7, 11) is 0. The second kappa shape index (κ2) is 5.60. The third kappa shape index (κ3) is 2.21. The number of carbonyl (C=O) groups is 1. The number of rotatable bonds is 3. The summed E-state index contributed by atoms with van der Waals surface area (Å²) in [6.07, 6.45) is -4.81. The molecule has 2 aromatic heterocycles. The zero-order valence-corrected chi connectivity index (χ0v) is 12.1. The zero-order chi connectivity index (χ0) is 17.5. The van der Waals surface area contributed by atoms with Crippen LogP contribution in [0.25, 0.3) is 5.52 Å². The topological polar surface area (TPSA) is 176 Å². The largest absolute Gasteiger partial charge is 0.506 e. The number of aromatic nitrogens is 3. The van der Waals surface area contributed by atoms with Gasteiger partial charge < -0.3 is 30.5 Å². The lowest BCUT2D eigenvalue weighted by molar-refractivity contribution is -0.0834. The lowest BCUT2D eigenvalue weighted by Crippen LogP contribution is -2.47. The molecule has 0 aromatic carbocycles. The van der Waals surface area contributed by atoms with Crippen LogP contribution in [-0.2, 0) is 9.47 Å². The maximum Gasteiger partial charge on any atom is 0.506 e. The maximum absolute atomic E-state index is 10.8. The van der Waals surface area contributed by atoms with E-state index in [0.717, 1.165) is 0 Å². The van der Waals surface area contributed by atoms with Crippen molar-refractivity contribution < 1.29 is 29.6 Å². The van der Waals surface area contributed by atoms with E-state index in [1.807, 2.05) is 0 Å². The number of nitriles is 1. The first-order valence-corrected chi connectivity index (χ1v) is 6.79. The Bertz CT molecular complexity index is 832. The molecular weight excluding hydrogens is 322 g/mol. The average molecular weight is 335 g/mol. The van der Waals surface area contributed by atoms with Gasteiger partial charge in [-0.1, -0.05) is 0 Å². The van der Waals surface area contributed by atoms with E-state index in [2.05, 4.69) is 14.8 Å². The third-order valence-electron chi connectivity index (χ3n) is 3.87. The van der Waals surface area contributed by atoms with Crippen molar-refractivity contribution in [1.82, 2.24) is 14.6 Å². The van der Waals surface area contributed by atoms with Crippen molar-refractivity contribution in [3.63, 3.8) is 0 Å². The van der Waals surface area contributed by atoms with Gasteiger partial charge in [-0.05, 0) is 12.1 Å². The highest BCUT2D eigenvalue weighted by Gasteiger charge is 2.58. The number of anilines is 1. The van der Waals surface area contributed by atoms with E-state index >= 15 is 0 Å². The van der Waals surface area contributed by atoms with Gasteiger partial charge in [-0.25, -0.2) is 14.3 Å². The fourth-order valence-electron chi connectivity index (χ4n) is 2.75. The van der Waals surface area contributed by atoms with E-state index < -0.39 is 36.7 Å². The Morgan fingerprint density at radius 2 is 2.33 bits per heavy atom. The molecule has 1 fully saturated rings.